The second-order valence-corrected chi connectivity index (χ2v) is 7.44. The van der Waals surface area contributed by atoms with E-state index in [2.05, 4.69) is 20.4 Å². The van der Waals surface area contributed by atoms with Gasteiger partial charge in [0.2, 0.25) is 0 Å². The van der Waals surface area contributed by atoms with Crippen molar-refractivity contribution >= 4 is 16.8 Å². The highest BCUT2D eigenvalue weighted by atomic mass is 19.1. The zero-order chi connectivity index (χ0) is 20.7. The summed E-state index contributed by atoms with van der Waals surface area (Å²) in [5, 5.41) is 8.18. The molecule has 3 heterocycles. The van der Waals surface area contributed by atoms with Gasteiger partial charge in [0.05, 0.1) is 40.4 Å². The summed E-state index contributed by atoms with van der Waals surface area (Å²) >= 11 is 0. The van der Waals surface area contributed by atoms with Crippen molar-refractivity contribution in [2.24, 2.45) is 5.73 Å². The third-order valence-electron chi connectivity index (χ3n) is 5.47. The molecule has 3 N–H and O–H groups in total. The smallest absolute Gasteiger partial charge is 0.254 e. The Hall–Kier alpha value is -3.65. The lowest BCUT2D eigenvalue weighted by atomic mass is 10.1. The van der Waals surface area contributed by atoms with Crippen LogP contribution < -0.4 is 11.1 Å². The average Bonchev–Trinajstić information content (AvgIpc) is 3.43. The molecule has 0 saturated heterocycles. The minimum atomic E-state index is -0.475. The number of nitrogens with two attached hydrogens (primary N) is 1. The number of halogens is 1. The van der Waals surface area contributed by atoms with Gasteiger partial charge in [-0.05, 0) is 54.8 Å². The van der Waals surface area contributed by atoms with Gasteiger partial charge in [-0.2, -0.15) is 5.10 Å². The van der Waals surface area contributed by atoms with Gasteiger partial charge in [0.25, 0.3) is 5.91 Å². The Kier molecular flexibility index (Phi) is 4.29. The number of rotatable bonds is 5. The molecule has 0 unspecified atom stereocenters. The second kappa shape index (κ2) is 7.00. The van der Waals surface area contributed by atoms with E-state index >= 15 is 0 Å². The summed E-state index contributed by atoms with van der Waals surface area (Å²) in [5.74, 6) is -0.556. The van der Waals surface area contributed by atoms with Gasteiger partial charge < -0.3 is 11.1 Å². The fraction of sp³-hybridized carbons (Fsp3) is 0.182. The molecule has 8 heteroatoms. The average molecular weight is 402 g/mol. The van der Waals surface area contributed by atoms with Gasteiger partial charge in [0.1, 0.15) is 5.82 Å². The van der Waals surface area contributed by atoms with Crippen molar-refractivity contribution in [3.05, 3.63) is 83.8 Å². The van der Waals surface area contributed by atoms with E-state index in [1.54, 1.807) is 35.4 Å². The number of amides is 1. The first kappa shape index (κ1) is 18.4. The molecule has 1 saturated carbocycles. The highest BCUT2D eigenvalue weighted by Crippen LogP contribution is 2.45. The molecular weight excluding hydrogens is 383 g/mol. The molecule has 1 amide bonds. The van der Waals surface area contributed by atoms with Gasteiger partial charge >= 0.3 is 0 Å². The van der Waals surface area contributed by atoms with Crippen LogP contribution in [0.2, 0.25) is 0 Å². The maximum atomic E-state index is 13.3. The maximum absolute atomic E-state index is 13.3. The quantitative estimate of drug-likeness (QED) is 0.535. The number of fused-ring (bicyclic) bond motifs is 1. The van der Waals surface area contributed by atoms with E-state index in [0.29, 0.717) is 28.7 Å². The first-order chi connectivity index (χ1) is 14.6. The molecule has 3 aromatic heterocycles. The number of carbonyl (C=O) groups is 1. The Bertz CT molecular complexity index is 1250. The van der Waals surface area contributed by atoms with Crippen LogP contribution in [0.3, 0.4) is 0 Å². The fourth-order valence-corrected chi connectivity index (χ4v) is 3.63. The summed E-state index contributed by atoms with van der Waals surface area (Å²) < 4.78 is 14.9. The minimum Gasteiger partial charge on any atom is -0.341 e. The SMILES string of the molecule is NCc1ccnc(C2(NC(=O)c3cncc4c3cnn4-c3ccc(F)cc3)CC2)c1. The van der Waals surface area contributed by atoms with Crippen molar-refractivity contribution in [3.63, 3.8) is 0 Å². The van der Waals surface area contributed by atoms with Crippen LogP contribution in [-0.4, -0.2) is 25.7 Å². The predicted octanol–water partition coefficient (Wildman–Crippen LogP) is 2.83. The molecule has 5 rings (SSSR count). The van der Waals surface area contributed by atoms with Crippen LogP contribution in [0, 0.1) is 5.82 Å². The topological polar surface area (TPSA) is 98.7 Å². The summed E-state index contributed by atoms with van der Waals surface area (Å²) in [5.41, 5.74) is 8.85. The number of benzene rings is 1. The summed E-state index contributed by atoms with van der Waals surface area (Å²) in [6.45, 7) is 0.422. The molecule has 1 aromatic carbocycles. The molecule has 1 aliphatic rings. The van der Waals surface area contributed by atoms with Crippen molar-refractivity contribution in [2.75, 3.05) is 0 Å². The van der Waals surface area contributed by atoms with Gasteiger partial charge in [-0.15, -0.1) is 0 Å². The number of nitrogens with one attached hydrogen (secondary N) is 1. The van der Waals surface area contributed by atoms with Crippen molar-refractivity contribution < 1.29 is 9.18 Å². The minimum absolute atomic E-state index is 0.232. The van der Waals surface area contributed by atoms with Crippen molar-refractivity contribution in [1.29, 1.82) is 0 Å². The third kappa shape index (κ3) is 3.11. The zero-order valence-electron chi connectivity index (χ0n) is 16.0. The normalized spacial score (nSPS) is 14.6. The molecule has 0 aliphatic heterocycles. The zero-order valence-corrected chi connectivity index (χ0v) is 16.0. The van der Waals surface area contributed by atoms with Crippen LogP contribution >= 0.6 is 0 Å². The van der Waals surface area contributed by atoms with E-state index in [-0.39, 0.29) is 11.7 Å². The Morgan fingerprint density at radius 3 is 2.70 bits per heavy atom. The van der Waals surface area contributed by atoms with E-state index in [1.807, 2.05) is 12.1 Å². The molecule has 30 heavy (non-hydrogen) atoms. The molecule has 0 radical (unpaired) electrons. The van der Waals surface area contributed by atoms with Gasteiger partial charge in [-0.25, -0.2) is 9.07 Å². The molecule has 0 spiro atoms. The standard InChI is InChI=1S/C22H19FN6O/c23-15-1-3-16(4-2-15)29-19-13-25-11-18(17(19)12-27-29)21(30)28-22(6-7-22)20-9-14(10-24)5-8-26-20/h1-5,8-9,11-13H,6-7,10,24H2,(H,28,30). The fourth-order valence-electron chi connectivity index (χ4n) is 3.63. The van der Waals surface area contributed by atoms with E-state index in [1.165, 1.54) is 18.3 Å². The second-order valence-electron chi connectivity index (χ2n) is 7.44. The van der Waals surface area contributed by atoms with E-state index in [0.717, 1.165) is 24.1 Å². The Morgan fingerprint density at radius 2 is 1.97 bits per heavy atom. The number of hydrogen-bond donors (Lipinski definition) is 2. The summed E-state index contributed by atoms with van der Waals surface area (Å²) in [4.78, 5) is 21.8. The molecule has 7 nitrogen and oxygen atoms in total. The van der Waals surface area contributed by atoms with Crippen LogP contribution in [0.25, 0.3) is 16.6 Å². The van der Waals surface area contributed by atoms with Gasteiger partial charge in [-0.3, -0.25) is 14.8 Å². The molecule has 1 fully saturated rings. The first-order valence-corrected chi connectivity index (χ1v) is 9.65. The lowest BCUT2D eigenvalue weighted by molar-refractivity contribution is 0.0931. The first-order valence-electron chi connectivity index (χ1n) is 9.65. The van der Waals surface area contributed by atoms with Crippen LogP contribution in [0.1, 0.15) is 34.5 Å². The van der Waals surface area contributed by atoms with Crippen molar-refractivity contribution in [2.45, 2.75) is 24.9 Å². The monoisotopic (exact) mass is 402 g/mol. The number of pyridine rings is 2. The summed E-state index contributed by atoms with van der Waals surface area (Å²) in [6.07, 6.45) is 8.16. The third-order valence-corrected chi connectivity index (χ3v) is 5.47. The van der Waals surface area contributed by atoms with E-state index in [9.17, 15) is 9.18 Å². The lowest BCUT2D eigenvalue weighted by Crippen LogP contribution is -2.35. The number of aromatic nitrogens is 4. The van der Waals surface area contributed by atoms with Gasteiger partial charge in [0.15, 0.2) is 0 Å². The van der Waals surface area contributed by atoms with Crippen LogP contribution in [0.5, 0.6) is 0 Å². The molecular formula is C22H19FN6O. The molecule has 4 aromatic rings. The van der Waals surface area contributed by atoms with Crippen molar-refractivity contribution in [3.8, 4) is 5.69 Å². The predicted molar refractivity (Wildman–Crippen MR) is 109 cm³/mol. The highest BCUT2D eigenvalue weighted by molar-refractivity contribution is 6.06. The number of hydrogen-bond acceptors (Lipinski definition) is 5. The van der Waals surface area contributed by atoms with E-state index < -0.39 is 5.54 Å². The molecule has 150 valence electrons. The number of carbonyl (C=O) groups excluding carboxylic acids is 1. The lowest BCUT2D eigenvalue weighted by Gasteiger charge is -2.18. The van der Waals surface area contributed by atoms with Gasteiger partial charge in [0, 0.05) is 24.3 Å². The molecule has 0 atom stereocenters. The van der Waals surface area contributed by atoms with Crippen LogP contribution in [0.15, 0.2) is 61.2 Å². The van der Waals surface area contributed by atoms with Gasteiger partial charge in [-0.1, -0.05) is 0 Å². The summed E-state index contributed by atoms with van der Waals surface area (Å²) in [7, 11) is 0. The largest absolute Gasteiger partial charge is 0.341 e. The van der Waals surface area contributed by atoms with Crippen LogP contribution in [-0.2, 0) is 12.1 Å². The highest BCUT2D eigenvalue weighted by Gasteiger charge is 2.47. The Morgan fingerprint density at radius 1 is 1.17 bits per heavy atom. The summed E-state index contributed by atoms with van der Waals surface area (Å²) in [6, 6.07) is 9.81. The number of nitrogens with zero attached hydrogens (tertiary/aromatic N) is 4. The molecule has 1 aliphatic carbocycles. The molecule has 0 bridgehead atoms. The Labute approximate surface area is 171 Å². The Balaban J connectivity index is 1.48. The van der Waals surface area contributed by atoms with Crippen LogP contribution in [0.4, 0.5) is 4.39 Å². The van der Waals surface area contributed by atoms with E-state index in [4.69, 9.17) is 5.73 Å². The van der Waals surface area contributed by atoms with Crippen molar-refractivity contribution in [1.82, 2.24) is 25.1 Å². The maximum Gasteiger partial charge on any atom is 0.254 e.